The number of hydrogen-bond acceptors (Lipinski definition) is 6. The SMILES string of the molecule is Cc1nc(-c2ccc(CCNc3cncc(C(N)=O)n3)cc2)cs1. The summed E-state index contributed by atoms with van der Waals surface area (Å²) in [5, 5.41) is 6.28. The second-order valence-electron chi connectivity index (χ2n) is 5.28. The Morgan fingerprint density at radius 3 is 2.67 bits per heavy atom. The van der Waals surface area contributed by atoms with Gasteiger partial charge in [-0.25, -0.2) is 9.97 Å². The van der Waals surface area contributed by atoms with Crippen LogP contribution in [0, 0.1) is 6.92 Å². The van der Waals surface area contributed by atoms with E-state index in [-0.39, 0.29) is 5.69 Å². The predicted octanol–water partition coefficient (Wildman–Crippen LogP) is 2.66. The van der Waals surface area contributed by atoms with Crippen LogP contribution in [0.2, 0.25) is 0 Å². The number of aryl methyl sites for hydroxylation is 1. The number of carbonyl (C=O) groups is 1. The van der Waals surface area contributed by atoms with E-state index in [4.69, 9.17) is 5.73 Å². The summed E-state index contributed by atoms with van der Waals surface area (Å²) in [6.45, 7) is 2.69. The van der Waals surface area contributed by atoms with Crippen LogP contribution in [-0.4, -0.2) is 27.4 Å². The van der Waals surface area contributed by atoms with Gasteiger partial charge < -0.3 is 11.1 Å². The number of rotatable bonds is 6. The maximum Gasteiger partial charge on any atom is 0.268 e. The molecule has 7 heteroatoms. The molecule has 0 saturated carbocycles. The van der Waals surface area contributed by atoms with Crippen molar-refractivity contribution in [2.24, 2.45) is 5.73 Å². The maximum atomic E-state index is 11.1. The highest BCUT2D eigenvalue weighted by atomic mass is 32.1. The molecular formula is C17H17N5OS. The fourth-order valence-electron chi connectivity index (χ4n) is 2.24. The zero-order chi connectivity index (χ0) is 16.9. The molecule has 0 unspecified atom stereocenters. The molecule has 1 aromatic carbocycles. The van der Waals surface area contributed by atoms with Crippen molar-refractivity contribution in [3.8, 4) is 11.3 Å². The summed E-state index contributed by atoms with van der Waals surface area (Å²) in [5.74, 6) is -0.0418. The lowest BCUT2D eigenvalue weighted by molar-refractivity contribution is 0.0995. The molecule has 0 fully saturated rings. The van der Waals surface area contributed by atoms with E-state index in [1.807, 2.05) is 6.92 Å². The molecule has 1 amide bonds. The van der Waals surface area contributed by atoms with Crippen molar-refractivity contribution in [1.29, 1.82) is 0 Å². The highest BCUT2D eigenvalue weighted by Crippen LogP contribution is 2.21. The molecular weight excluding hydrogens is 322 g/mol. The first kappa shape index (κ1) is 16.1. The molecule has 0 saturated heterocycles. The normalized spacial score (nSPS) is 10.5. The van der Waals surface area contributed by atoms with Crippen LogP contribution in [-0.2, 0) is 6.42 Å². The molecule has 3 aromatic rings. The van der Waals surface area contributed by atoms with Gasteiger partial charge in [0, 0.05) is 17.5 Å². The first-order valence-electron chi connectivity index (χ1n) is 7.49. The van der Waals surface area contributed by atoms with Crippen LogP contribution in [0.25, 0.3) is 11.3 Å². The number of anilines is 1. The number of thiazole rings is 1. The van der Waals surface area contributed by atoms with Crippen LogP contribution < -0.4 is 11.1 Å². The third-order valence-electron chi connectivity index (χ3n) is 3.48. The molecule has 2 aromatic heterocycles. The Morgan fingerprint density at radius 1 is 1.21 bits per heavy atom. The van der Waals surface area contributed by atoms with Crippen molar-refractivity contribution < 1.29 is 4.79 Å². The molecule has 0 aliphatic carbocycles. The van der Waals surface area contributed by atoms with Gasteiger partial charge in [0.25, 0.3) is 5.91 Å². The number of nitrogens with zero attached hydrogens (tertiary/aromatic N) is 3. The standard InChI is InChI=1S/C17H17N5OS/c1-11-21-15(10-24-11)13-4-2-12(3-5-13)6-7-20-16-9-19-8-14(22-16)17(18)23/h2-5,8-10H,6-7H2,1H3,(H2,18,23)(H,20,22). The minimum atomic E-state index is -0.584. The van der Waals surface area contributed by atoms with Crippen molar-refractivity contribution in [3.05, 3.63) is 58.3 Å². The molecule has 6 nitrogen and oxygen atoms in total. The molecule has 2 heterocycles. The van der Waals surface area contributed by atoms with Gasteiger partial charge in [-0.3, -0.25) is 9.78 Å². The van der Waals surface area contributed by atoms with E-state index in [1.165, 1.54) is 11.8 Å². The number of nitrogens with one attached hydrogen (secondary N) is 1. The Hall–Kier alpha value is -2.80. The lowest BCUT2D eigenvalue weighted by atomic mass is 10.1. The number of nitrogens with two attached hydrogens (primary N) is 1. The highest BCUT2D eigenvalue weighted by Gasteiger charge is 2.04. The number of hydrogen-bond donors (Lipinski definition) is 2. The molecule has 3 rings (SSSR count). The van der Waals surface area contributed by atoms with Crippen LogP contribution in [0.15, 0.2) is 42.0 Å². The molecule has 24 heavy (non-hydrogen) atoms. The topological polar surface area (TPSA) is 93.8 Å². The van der Waals surface area contributed by atoms with Gasteiger partial charge in [-0.05, 0) is 18.9 Å². The van der Waals surface area contributed by atoms with Gasteiger partial charge in [0.15, 0.2) is 0 Å². The Morgan fingerprint density at radius 2 is 2.00 bits per heavy atom. The second kappa shape index (κ2) is 7.18. The van der Waals surface area contributed by atoms with Crippen molar-refractivity contribution in [3.63, 3.8) is 0 Å². The third-order valence-corrected chi connectivity index (χ3v) is 4.25. The van der Waals surface area contributed by atoms with E-state index in [0.717, 1.165) is 22.7 Å². The first-order valence-corrected chi connectivity index (χ1v) is 8.37. The predicted molar refractivity (Wildman–Crippen MR) is 95.0 cm³/mol. The number of carbonyl (C=O) groups excluding carboxylic acids is 1. The van der Waals surface area contributed by atoms with E-state index in [2.05, 4.69) is 49.9 Å². The van der Waals surface area contributed by atoms with E-state index >= 15 is 0 Å². The average Bonchev–Trinajstić information content (AvgIpc) is 3.02. The summed E-state index contributed by atoms with van der Waals surface area (Å²) in [5.41, 5.74) is 8.69. The van der Waals surface area contributed by atoms with Gasteiger partial charge in [-0.2, -0.15) is 0 Å². The minimum absolute atomic E-state index is 0.155. The fourth-order valence-corrected chi connectivity index (χ4v) is 2.86. The van der Waals surface area contributed by atoms with Gasteiger partial charge in [0.2, 0.25) is 0 Å². The van der Waals surface area contributed by atoms with Crippen molar-refractivity contribution in [2.75, 3.05) is 11.9 Å². The van der Waals surface area contributed by atoms with Gasteiger partial charge in [-0.1, -0.05) is 24.3 Å². The minimum Gasteiger partial charge on any atom is -0.368 e. The number of amides is 1. The van der Waals surface area contributed by atoms with Crippen LogP contribution in [0.4, 0.5) is 5.82 Å². The summed E-state index contributed by atoms with van der Waals surface area (Å²) >= 11 is 1.65. The zero-order valence-corrected chi connectivity index (χ0v) is 14.0. The Balaban J connectivity index is 1.57. The fraction of sp³-hybridized carbons (Fsp3) is 0.176. The van der Waals surface area contributed by atoms with E-state index in [1.54, 1.807) is 17.5 Å². The molecule has 0 aliphatic rings. The second-order valence-corrected chi connectivity index (χ2v) is 6.34. The van der Waals surface area contributed by atoms with E-state index in [0.29, 0.717) is 12.4 Å². The van der Waals surface area contributed by atoms with Crippen LogP contribution in [0.5, 0.6) is 0 Å². The van der Waals surface area contributed by atoms with Crippen molar-refractivity contribution in [2.45, 2.75) is 13.3 Å². The molecule has 0 radical (unpaired) electrons. The lowest BCUT2D eigenvalue weighted by Gasteiger charge is -2.06. The number of benzene rings is 1. The van der Waals surface area contributed by atoms with Gasteiger partial charge >= 0.3 is 0 Å². The van der Waals surface area contributed by atoms with E-state index in [9.17, 15) is 4.79 Å². The maximum absolute atomic E-state index is 11.1. The smallest absolute Gasteiger partial charge is 0.268 e. The van der Waals surface area contributed by atoms with Gasteiger partial charge in [-0.15, -0.1) is 11.3 Å². The van der Waals surface area contributed by atoms with Gasteiger partial charge in [0.05, 0.1) is 23.1 Å². The summed E-state index contributed by atoms with van der Waals surface area (Å²) in [6, 6.07) is 8.35. The Labute approximate surface area is 143 Å². The summed E-state index contributed by atoms with van der Waals surface area (Å²) in [7, 11) is 0. The highest BCUT2D eigenvalue weighted by molar-refractivity contribution is 7.09. The molecule has 122 valence electrons. The largest absolute Gasteiger partial charge is 0.368 e. The average molecular weight is 339 g/mol. The Kier molecular flexibility index (Phi) is 4.81. The molecule has 0 aliphatic heterocycles. The molecule has 0 spiro atoms. The quantitative estimate of drug-likeness (QED) is 0.720. The monoisotopic (exact) mass is 339 g/mol. The summed E-state index contributed by atoms with van der Waals surface area (Å²) < 4.78 is 0. The zero-order valence-electron chi connectivity index (χ0n) is 13.2. The lowest BCUT2D eigenvalue weighted by Crippen LogP contribution is -2.15. The van der Waals surface area contributed by atoms with E-state index < -0.39 is 5.91 Å². The van der Waals surface area contributed by atoms with Gasteiger partial charge in [0.1, 0.15) is 11.5 Å². The first-order chi connectivity index (χ1) is 11.6. The molecule has 3 N–H and O–H groups in total. The Bertz CT molecular complexity index is 844. The summed E-state index contributed by atoms with van der Waals surface area (Å²) in [6.07, 6.45) is 3.76. The van der Waals surface area contributed by atoms with Crippen LogP contribution in [0.3, 0.4) is 0 Å². The summed E-state index contributed by atoms with van der Waals surface area (Å²) in [4.78, 5) is 23.6. The number of aromatic nitrogens is 3. The van der Waals surface area contributed by atoms with Crippen molar-refractivity contribution in [1.82, 2.24) is 15.0 Å². The van der Waals surface area contributed by atoms with Crippen molar-refractivity contribution >= 4 is 23.1 Å². The molecule has 0 bridgehead atoms. The molecule has 0 atom stereocenters. The van der Waals surface area contributed by atoms with Crippen LogP contribution >= 0.6 is 11.3 Å². The van der Waals surface area contributed by atoms with Crippen LogP contribution in [0.1, 0.15) is 21.1 Å². The number of primary amides is 1. The third kappa shape index (κ3) is 3.94.